The average molecular weight is 364 g/mol. The lowest BCUT2D eigenvalue weighted by Crippen LogP contribution is -2.17. The number of nitro groups is 1. The first-order chi connectivity index (χ1) is 11.0. The summed E-state index contributed by atoms with van der Waals surface area (Å²) in [6.07, 6.45) is -4.98. The predicted octanol–water partition coefficient (Wildman–Crippen LogP) is 3.55. The number of nitrogens with one attached hydrogen (secondary N) is 1. The number of sulfonamides is 1. The Morgan fingerprint density at radius 1 is 1.04 bits per heavy atom. The van der Waals surface area contributed by atoms with Crippen molar-refractivity contribution in [3.63, 3.8) is 0 Å². The Kier molecular flexibility index (Phi) is 4.47. The van der Waals surface area contributed by atoms with Crippen LogP contribution in [-0.4, -0.2) is 13.3 Å². The number of hydrogen-bond donors (Lipinski definition) is 1. The van der Waals surface area contributed by atoms with Gasteiger partial charge < -0.3 is 0 Å². The van der Waals surface area contributed by atoms with Gasteiger partial charge in [-0.2, -0.15) is 13.2 Å². The van der Waals surface area contributed by atoms with E-state index in [2.05, 4.69) is 0 Å². The van der Waals surface area contributed by atoms with Gasteiger partial charge in [0.15, 0.2) is 0 Å². The number of non-ortho nitro benzene ring substituents is 1. The first-order valence-corrected chi connectivity index (χ1v) is 7.63. The molecule has 0 bridgehead atoms. The van der Waals surface area contributed by atoms with Crippen LogP contribution < -0.4 is 4.72 Å². The van der Waals surface area contributed by atoms with Crippen LogP contribution in [0.3, 0.4) is 0 Å². The molecule has 0 saturated heterocycles. The summed E-state index contributed by atoms with van der Waals surface area (Å²) in [6.45, 7) is 0. The van der Waals surface area contributed by atoms with Crippen molar-refractivity contribution < 1.29 is 30.9 Å². The quantitative estimate of drug-likeness (QED) is 0.510. The van der Waals surface area contributed by atoms with E-state index in [1.807, 2.05) is 0 Å². The number of benzene rings is 2. The molecular formula is C13H8F4N2O4S. The highest BCUT2D eigenvalue weighted by Crippen LogP contribution is 2.36. The minimum atomic E-state index is -4.98. The predicted molar refractivity (Wildman–Crippen MR) is 75.3 cm³/mol. The molecule has 0 unspecified atom stereocenters. The molecule has 0 saturated carbocycles. The maximum atomic E-state index is 13.0. The van der Waals surface area contributed by atoms with E-state index in [-0.39, 0.29) is 11.8 Å². The number of anilines is 1. The summed E-state index contributed by atoms with van der Waals surface area (Å²) in [6, 6.07) is 5.00. The van der Waals surface area contributed by atoms with Crippen LogP contribution in [0.2, 0.25) is 0 Å². The van der Waals surface area contributed by atoms with Gasteiger partial charge in [-0.05, 0) is 30.3 Å². The van der Waals surface area contributed by atoms with Gasteiger partial charge in [0.25, 0.3) is 15.7 Å². The number of rotatable bonds is 4. The molecule has 0 fully saturated rings. The third-order valence-electron chi connectivity index (χ3n) is 2.89. The second-order valence-electron chi connectivity index (χ2n) is 4.54. The van der Waals surface area contributed by atoms with E-state index in [1.54, 1.807) is 4.72 Å². The zero-order chi connectivity index (χ0) is 18.1. The molecule has 0 aliphatic rings. The van der Waals surface area contributed by atoms with Gasteiger partial charge >= 0.3 is 6.18 Å². The SMILES string of the molecule is O=[N+]([O-])c1ccc(S(=O)(=O)Nc2ccc(F)cc2C(F)(F)F)cc1. The van der Waals surface area contributed by atoms with Gasteiger partial charge in [-0.25, -0.2) is 12.8 Å². The minimum absolute atomic E-state index is 0.160. The summed E-state index contributed by atoms with van der Waals surface area (Å²) < 4.78 is 77.5. The van der Waals surface area contributed by atoms with Gasteiger partial charge in [0.2, 0.25) is 0 Å². The second-order valence-corrected chi connectivity index (χ2v) is 6.23. The molecule has 6 nitrogen and oxygen atoms in total. The first-order valence-electron chi connectivity index (χ1n) is 6.15. The van der Waals surface area contributed by atoms with Gasteiger partial charge in [0, 0.05) is 12.1 Å². The smallest absolute Gasteiger partial charge is 0.279 e. The molecule has 0 amide bonds. The summed E-state index contributed by atoms with van der Waals surface area (Å²) in [5.74, 6) is -1.18. The molecule has 0 atom stereocenters. The highest BCUT2D eigenvalue weighted by molar-refractivity contribution is 7.92. The zero-order valence-corrected chi connectivity index (χ0v) is 12.4. The van der Waals surface area contributed by atoms with Crippen LogP contribution in [0, 0.1) is 15.9 Å². The van der Waals surface area contributed by atoms with Crippen molar-refractivity contribution in [1.29, 1.82) is 0 Å². The zero-order valence-electron chi connectivity index (χ0n) is 11.5. The molecule has 1 N–H and O–H groups in total. The topological polar surface area (TPSA) is 89.3 Å². The summed E-state index contributed by atoms with van der Waals surface area (Å²) >= 11 is 0. The summed E-state index contributed by atoms with van der Waals surface area (Å²) in [7, 11) is -4.45. The van der Waals surface area contributed by atoms with Crippen molar-refractivity contribution in [2.24, 2.45) is 0 Å². The molecule has 2 aromatic rings. The largest absolute Gasteiger partial charge is 0.418 e. The molecule has 0 radical (unpaired) electrons. The van der Waals surface area contributed by atoms with Crippen LogP contribution in [0.1, 0.15) is 5.56 Å². The fraction of sp³-hybridized carbons (Fsp3) is 0.0769. The molecule has 0 spiro atoms. The van der Waals surface area contributed by atoms with Gasteiger partial charge in [-0.3, -0.25) is 14.8 Å². The average Bonchev–Trinajstić information content (AvgIpc) is 2.48. The van der Waals surface area contributed by atoms with Crippen molar-refractivity contribution in [2.45, 2.75) is 11.1 Å². The molecule has 2 aromatic carbocycles. The van der Waals surface area contributed by atoms with E-state index in [0.29, 0.717) is 12.1 Å². The Morgan fingerprint density at radius 2 is 1.62 bits per heavy atom. The standard InChI is InChI=1S/C13H8F4N2O4S/c14-8-1-6-12(11(7-8)13(15,16)17)18-24(22,23)10-4-2-9(3-5-10)19(20)21/h1-7,18H. The van der Waals surface area contributed by atoms with Crippen LogP contribution in [0.4, 0.5) is 28.9 Å². The highest BCUT2D eigenvalue weighted by Gasteiger charge is 2.35. The Labute approximate surface area is 132 Å². The third kappa shape index (κ3) is 3.79. The maximum absolute atomic E-state index is 13.0. The van der Waals surface area contributed by atoms with Gasteiger partial charge in [-0.15, -0.1) is 0 Å². The van der Waals surface area contributed by atoms with E-state index >= 15 is 0 Å². The minimum Gasteiger partial charge on any atom is -0.279 e. The fourth-order valence-electron chi connectivity index (χ4n) is 1.79. The summed E-state index contributed by atoms with van der Waals surface area (Å²) in [4.78, 5) is 9.28. The number of nitro benzene ring substituents is 1. The normalized spacial score (nSPS) is 12.0. The van der Waals surface area contributed by atoms with E-state index in [4.69, 9.17) is 0 Å². The van der Waals surface area contributed by atoms with Gasteiger partial charge in [-0.1, -0.05) is 0 Å². The van der Waals surface area contributed by atoms with E-state index in [0.717, 1.165) is 24.3 Å². The molecule has 0 aliphatic heterocycles. The lowest BCUT2D eigenvalue weighted by atomic mass is 10.2. The van der Waals surface area contributed by atoms with Crippen molar-refractivity contribution in [3.8, 4) is 0 Å². The van der Waals surface area contributed by atoms with Crippen molar-refractivity contribution in [2.75, 3.05) is 4.72 Å². The molecule has 0 heterocycles. The molecule has 128 valence electrons. The number of hydrogen-bond acceptors (Lipinski definition) is 4. The monoisotopic (exact) mass is 364 g/mol. The van der Waals surface area contributed by atoms with Crippen molar-refractivity contribution >= 4 is 21.4 Å². The number of alkyl halides is 3. The number of nitrogens with zero attached hydrogens (tertiary/aromatic N) is 1. The van der Waals surface area contributed by atoms with Crippen LogP contribution in [0.25, 0.3) is 0 Å². The van der Waals surface area contributed by atoms with Crippen LogP contribution >= 0.6 is 0 Å². The van der Waals surface area contributed by atoms with Crippen molar-refractivity contribution in [3.05, 3.63) is 64.0 Å². The molecule has 0 aromatic heterocycles. The van der Waals surface area contributed by atoms with E-state index in [9.17, 15) is 36.1 Å². The Balaban J connectivity index is 2.41. The third-order valence-corrected chi connectivity index (χ3v) is 4.27. The van der Waals surface area contributed by atoms with Crippen LogP contribution in [0.15, 0.2) is 47.4 Å². The number of halogens is 4. The Morgan fingerprint density at radius 3 is 2.12 bits per heavy atom. The summed E-state index contributed by atoms with van der Waals surface area (Å²) in [5.41, 5.74) is -2.73. The van der Waals surface area contributed by atoms with Crippen LogP contribution in [0.5, 0.6) is 0 Å². The molecule has 24 heavy (non-hydrogen) atoms. The van der Waals surface area contributed by atoms with E-state index < -0.39 is 43.1 Å². The summed E-state index contributed by atoms with van der Waals surface area (Å²) in [5, 5.41) is 10.5. The van der Waals surface area contributed by atoms with E-state index in [1.165, 1.54) is 0 Å². The highest BCUT2D eigenvalue weighted by atomic mass is 32.2. The van der Waals surface area contributed by atoms with Crippen LogP contribution in [-0.2, 0) is 16.2 Å². The maximum Gasteiger partial charge on any atom is 0.418 e. The van der Waals surface area contributed by atoms with Gasteiger partial charge in [0.05, 0.1) is 21.1 Å². The Bertz CT molecular complexity index is 880. The molecule has 0 aliphatic carbocycles. The lowest BCUT2D eigenvalue weighted by Gasteiger charge is -2.14. The van der Waals surface area contributed by atoms with Gasteiger partial charge in [0.1, 0.15) is 5.82 Å². The lowest BCUT2D eigenvalue weighted by molar-refractivity contribution is -0.384. The second kappa shape index (κ2) is 6.07. The fourth-order valence-corrected chi connectivity index (χ4v) is 2.87. The molecule has 11 heteroatoms. The molecular weight excluding hydrogens is 356 g/mol. The first kappa shape index (κ1) is 17.7. The molecule has 2 rings (SSSR count). The Hall–Kier alpha value is -2.69. The van der Waals surface area contributed by atoms with Crippen molar-refractivity contribution in [1.82, 2.24) is 0 Å².